The molecule has 104 valence electrons. The van der Waals surface area contributed by atoms with E-state index in [0.29, 0.717) is 26.0 Å². The van der Waals surface area contributed by atoms with Crippen LogP contribution in [0.1, 0.15) is 46.5 Å². The van der Waals surface area contributed by atoms with Crippen molar-refractivity contribution >= 4 is 11.9 Å². The van der Waals surface area contributed by atoms with Crippen LogP contribution >= 0.6 is 0 Å². The summed E-state index contributed by atoms with van der Waals surface area (Å²) in [5.41, 5.74) is 5.08. The Morgan fingerprint density at radius 3 is 2.61 bits per heavy atom. The maximum atomic E-state index is 12.4. The van der Waals surface area contributed by atoms with Crippen molar-refractivity contribution in [2.24, 2.45) is 5.73 Å². The van der Waals surface area contributed by atoms with Crippen molar-refractivity contribution in [1.29, 1.82) is 0 Å². The van der Waals surface area contributed by atoms with E-state index in [0.717, 1.165) is 12.8 Å². The number of hydrogen-bond donors (Lipinski definition) is 1. The average molecular weight is 256 g/mol. The van der Waals surface area contributed by atoms with Crippen LogP contribution in [0.3, 0.4) is 0 Å². The molecular weight excluding hydrogens is 232 g/mol. The zero-order valence-corrected chi connectivity index (χ0v) is 11.6. The molecule has 0 bridgehead atoms. The fourth-order valence-corrected chi connectivity index (χ4v) is 2.14. The van der Waals surface area contributed by atoms with Gasteiger partial charge in [0.2, 0.25) is 5.91 Å². The second kappa shape index (κ2) is 6.18. The number of amides is 1. The van der Waals surface area contributed by atoms with Crippen molar-refractivity contribution in [1.82, 2.24) is 4.90 Å². The van der Waals surface area contributed by atoms with Gasteiger partial charge in [-0.1, -0.05) is 6.92 Å². The monoisotopic (exact) mass is 256 g/mol. The van der Waals surface area contributed by atoms with E-state index in [1.54, 1.807) is 18.7 Å². The SMILES string of the molecule is CCOC(=O)C1CCCCN1C(=O)C(C)(N)CC. The normalized spacial score (nSPS) is 23.3. The van der Waals surface area contributed by atoms with Crippen molar-refractivity contribution in [3.05, 3.63) is 0 Å². The Morgan fingerprint density at radius 2 is 2.06 bits per heavy atom. The van der Waals surface area contributed by atoms with Crippen LogP contribution in [0.15, 0.2) is 0 Å². The van der Waals surface area contributed by atoms with Gasteiger partial charge in [0.1, 0.15) is 6.04 Å². The van der Waals surface area contributed by atoms with Crippen LogP contribution in [0, 0.1) is 0 Å². The standard InChI is InChI=1S/C13H24N2O3/c1-4-13(3,14)12(17)15-9-7-6-8-10(15)11(16)18-5-2/h10H,4-9,14H2,1-3H3. The molecule has 0 radical (unpaired) electrons. The Labute approximate surface area is 109 Å². The molecule has 0 aromatic carbocycles. The summed E-state index contributed by atoms with van der Waals surface area (Å²) in [6, 6.07) is -0.458. The highest BCUT2D eigenvalue weighted by Gasteiger charge is 2.39. The van der Waals surface area contributed by atoms with Crippen LogP contribution in [0.25, 0.3) is 0 Å². The molecule has 1 aliphatic heterocycles. The van der Waals surface area contributed by atoms with Gasteiger partial charge in [-0.2, -0.15) is 0 Å². The molecule has 2 atom stereocenters. The fourth-order valence-electron chi connectivity index (χ4n) is 2.14. The van der Waals surface area contributed by atoms with E-state index in [1.807, 2.05) is 6.92 Å². The van der Waals surface area contributed by atoms with E-state index in [-0.39, 0.29) is 11.9 Å². The highest BCUT2D eigenvalue weighted by molar-refractivity contribution is 5.90. The van der Waals surface area contributed by atoms with Crippen molar-refractivity contribution < 1.29 is 14.3 Å². The Balaban J connectivity index is 2.82. The van der Waals surface area contributed by atoms with Crippen molar-refractivity contribution in [3.8, 4) is 0 Å². The van der Waals surface area contributed by atoms with E-state index in [2.05, 4.69) is 0 Å². The second-order valence-corrected chi connectivity index (χ2v) is 5.03. The summed E-state index contributed by atoms with van der Waals surface area (Å²) in [7, 11) is 0. The number of carbonyl (C=O) groups is 2. The molecule has 0 aromatic heterocycles. The molecule has 5 nitrogen and oxygen atoms in total. The van der Waals surface area contributed by atoms with Gasteiger partial charge in [0.25, 0.3) is 0 Å². The third-order valence-electron chi connectivity index (χ3n) is 3.55. The highest BCUT2D eigenvalue weighted by atomic mass is 16.5. The zero-order chi connectivity index (χ0) is 13.8. The first-order valence-electron chi connectivity index (χ1n) is 6.70. The topological polar surface area (TPSA) is 72.6 Å². The number of ether oxygens (including phenoxy) is 1. The van der Waals surface area contributed by atoms with E-state index in [1.165, 1.54) is 0 Å². The number of esters is 1. The molecule has 1 rings (SSSR count). The maximum Gasteiger partial charge on any atom is 0.328 e. The van der Waals surface area contributed by atoms with Gasteiger partial charge in [-0.25, -0.2) is 4.79 Å². The number of hydrogen-bond acceptors (Lipinski definition) is 4. The van der Waals surface area contributed by atoms with E-state index in [4.69, 9.17) is 10.5 Å². The summed E-state index contributed by atoms with van der Waals surface area (Å²) in [6.45, 7) is 6.29. The second-order valence-electron chi connectivity index (χ2n) is 5.03. The van der Waals surface area contributed by atoms with E-state index < -0.39 is 11.6 Å². The lowest BCUT2D eigenvalue weighted by atomic mass is 9.94. The molecule has 0 spiro atoms. The minimum absolute atomic E-state index is 0.150. The van der Waals surface area contributed by atoms with Crippen molar-refractivity contribution in [3.63, 3.8) is 0 Å². The van der Waals surface area contributed by atoms with Crippen LogP contribution in [0.2, 0.25) is 0 Å². The van der Waals surface area contributed by atoms with Gasteiger partial charge in [-0.3, -0.25) is 4.79 Å². The molecule has 1 heterocycles. The van der Waals surface area contributed by atoms with E-state index >= 15 is 0 Å². The van der Waals surface area contributed by atoms with Crippen LogP contribution in [-0.2, 0) is 14.3 Å². The van der Waals surface area contributed by atoms with Gasteiger partial charge in [0.15, 0.2) is 0 Å². The van der Waals surface area contributed by atoms with Gasteiger partial charge in [-0.05, 0) is 39.5 Å². The molecule has 1 aliphatic rings. The minimum Gasteiger partial charge on any atom is -0.464 e. The van der Waals surface area contributed by atoms with Crippen molar-refractivity contribution in [2.75, 3.05) is 13.2 Å². The van der Waals surface area contributed by atoms with Crippen LogP contribution in [0.5, 0.6) is 0 Å². The van der Waals surface area contributed by atoms with Crippen LogP contribution in [0.4, 0.5) is 0 Å². The molecule has 1 amide bonds. The number of nitrogens with zero attached hydrogens (tertiary/aromatic N) is 1. The molecule has 5 heteroatoms. The largest absolute Gasteiger partial charge is 0.464 e. The lowest BCUT2D eigenvalue weighted by Gasteiger charge is -2.38. The summed E-state index contributed by atoms with van der Waals surface area (Å²) in [5, 5.41) is 0. The number of likely N-dealkylation sites (tertiary alicyclic amines) is 1. The molecule has 0 saturated carbocycles. The van der Waals surface area contributed by atoms with Crippen LogP contribution in [-0.4, -0.2) is 41.5 Å². The molecule has 0 aromatic rings. The Morgan fingerprint density at radius 1 is 1.39 bits per heavy atom. The fraction of sp³-hybridized carbons (Fsp3) is 0.846. The number of piperidine rings is 1. The van der Waals surface area contributed by atoms with Gasteiger partial charge in [0.05, 0.1) is 12.1 Å². The zero-order valence-electron chi connectivity index (χ0n) is 11.6. The summed E-state index contributed by atoms with van der Waals surface area (Å²) in [6.07, 6.45) is 3.09. The number of rotatable bonds is 4. The quantitative estimate of drug-likeness (QED) is 0.763. The van der Waals surface area contributed by atoms with Crippen LogP contribution < -0.4 is 5.73 Å². The summed E-state index contributed by atoms with van der Waals surface area (Å²) in [4.78, 5) is 25.8. The molecule has 18 heavy (non-hydrogen) atoms. The van der Waals surface area contributed by atoms with Gasteiger partial charge in [-0.15, -0.1) is 0 Å². The summed E-state index contributed by atoms with van der Waals surface area (Å²) >= 11 is 0. The van der Waals surface area contributed by atoms with Gasteiger partial charge in [0, 0.05) is 6.54 Å². The lowest BCUT2D eigenvalue weighted by molar-refractivity contribution is -0.158. The maximum absolute atomic E-state index is 12.4. The first-order chi connectivity index (χ1) is 8.44. The Hall–Kier alpha value is -1.10. The molecule has 0 aliphatic carbocycles. The molecule has 2 unspecified atom stereocenters. The third kappa shape index (κ3) is 3.22. The molecular formula is C13H24N2O3. The van der Waals surface area contributed by atoms with E-state index in [9.17, 15) is 9.59 Å². The third-order valence-corrected chi connectivity index (χ3v) is 3.55. The number of carbonyl (C=O) groups excluding carboxylic acids is 2. The number of nitrogens with two attached hydrogens (primary N) is 1. The lowest BCUT2D eigenvalue weighted by Crippen LogP contribution is -2.59. The Kier molecular flexibility index (Phi) is 5.14. The predicted molar refractivity (Wildman–Crippen MR) is 68.9 cm³/mol. The molecule has 2 N–H and O–H groups in total. The van der Waals surface area contributed by atoms with Gasteiger partial charge < -0.3 is 15.4 Å². The smallest absolute Gasteiger partial charge is 0.328 e. The summed E-state index contributed by atoms with van der Waals surface area (Å²) in [5.74, 6) is -0.458. The molecule has 1 saturated heterocycles. The first-order valence-corrected chi connectivity index (χ1v) is 6.70. The summed E-state index contributed by atoms with van der Waals surface area (Å²) < 4.78 is 5.03. The predicted octanol–water partition coefficient (Wildman–Crippen LogP) is 1.06. The average Bonchev–Trinajstić information content (AvgIpc) is 2.38. The van der Waals surface area contributed by atoms with Gasteiger partial charge >= 0.3 is 5.97 Å². The first kappa shape index (κ1) is 15.0. The highest BCUT2D eigenvalue weighted by Crippen LogP contribution is 2.22. The Bertz CT molecular complexity index is 315. The minimum atomic E-state index is -0.901. The van der Waals surface area contributed by atoms with Crippen molar-refractivity contribution in [2.45, 2.75) is 58.0 Å². The molecule has 1 fully saturated rings.